The van der Waals surface area contributed by atoms with Gasteiger partial charge < -0.3 is 9.47 Å². The summed E-state index contributed by atoms with van der Waals surface area (Å²) in [6.45, 7) is 3.17. The largest absolute Gasteiger partial charge is 0.448 e. The van der Waals surface area contributed by atoms with Gasteiger partial charge in [0, 0.05) is 6.92 Å². The Balaban J connectivity index is 2.31. The molecule has 0 aromatic heterocycles. The minimum absolute atomic E-state index is 0.0865. The highest BCUT2D eigenvalue weighted by Crippen LogP contribution is 2.67. The SMILES string of the molecule is CCC1C2(C)OC(=N)C1(C#N)C(C#N)(C#N)C(c1cccc(C(F)(F)F)c1)O2. The number of nitrogens with zero attached hydrogens (tertiary/aromatic N) is 3. The van der Waals surface area contributed by atoms with Crippen molar-refractivity contribution in [2.75, 3.05) is 0 Å². The number of halogens is 3. The zero-order valence-electron chi connectivity index (χ0n) is 15.0. The van der Waals surface area contributed by atoms with Crippen molar-refractivity contribution in [1.29, 1.82) is 21.2 Å². The summed E-state index contributed by atoms with van der Waals surface area (Å²) >= 11 is 0. The lowest BCUT2D eigenvalue weighted by Gasteiger charge is -2.48. The third kappa shape index (κ3) is 2.19. The Kier molecular flexibility index (Phi) is 4.18. The molecule has 4 atom stereocenters. The van der Waals surface area contributed by atoms with Gasteiger partial charge in [0.2, 0.25) is 17.1 Å². The van der Waals surface area contributed by atoms with Crippen LogP contribution in [0.3, 0.4) is 0 Å². The van der Waals surface area contributed by atoms with Crippen molar-refractivity contribution in [3.63, 3.8) is 0 Å². The summed E-state index contributed by atoms with van der Waals surface area (Å²) in [6, 6.07) is 9.60. The molecule has 2 bridgehead atoms. The molecule has 1 aromatic carbocycles. The van der Waals surface area contributed by atoms with Crippen LogP contribution in [0.4, 0.5) is 13.2 Å². The van der Waals surface area contributed by atoms with E-state index >= 15 is 0 Å². The second-order valence-corrected chi connectivity index (χ2v) is 6.98. The number of benzene rings is 1. The van der Waals surface area contributed by atoms with E-state index in [1.165, 1.54) is 13.0 Å². The number of rotatable bonds is 2. The summed E-state index contributed by atoms with van der Waals surface area (Å²) in [4.78, 5) is 0. The Labute approximate surface area is 159 Å². The lowest BCUT2D eigenvalue weighted by Crippen LogP contribution is -2.58. The molecule has 1 N–H and O–H groups in total. The zero-order valence-corrected chi connectivity index (χ0v) is 15.0. The van der Waals surface area contributed by atoms with E-state index in [1.807, 2.05) is 6.07 Å². The second kappa shape index (κ2) is 5.95. The molecule has 0 amide bonds. The average Bonchev–Trinajstić information content (AvgIpc) is 2.83. The van der Waals surface area contributed by atoms with Crippen LogP contribution >= 0.6 is 0 Å². The maximum Gasteiger partial charge on any atom is 0.416 e. The molecule has 144 valence electrons. The summed E-state index contributed by atoms with van der Waals surface area (Å²) in [6.07, 6.45) is -5.90. The van der Waals surface area contributed by atoms with E-state index in [2.05, 4.69) is 0 Å². The number of ether oxygens (including phenoxy) is 2. The first-order valence-electron chi connectivity index (χ1n) is 8.43. The van der Waals surface area contributed by atoms with Gasteiger partial charge in [-0.3, -0.25) is 5.41 Å². The van der Waals surface area contributed by atoms with Crippen molar-refractivity contribution in [3.05, 3.63) is 35.4 Å². The van der Waals surface area contributed by atoms with Crippen molar-refractivity contribution in [3.8, 4) is 18.2 Å². The topological polar surface area (TPSA) is 114 Å². The fourth-order valence-electron chi connectivity index (χ4n) is 4.40. The lowest BCUT2D eigenvalue weighted by molar-refractivity contribution is -0.273. The van der Waals surface area contributed by atoms with Crippen LogP contribution in [0.2, 0.25) is 0 Å². The molecule has 0 radical (unpaired) electrons. The first kappa shape index (κ1) is 19.7. The second-order valence-electron chi connectivity index (χ2n) is 6.98. The van der Waals surface area contributed by atoms with Crippen LogP contribution in [0.1, 0.15) is 37.5 Å². The van der Waals surface area contributed by atoms with Crippen molar-refractivity contribution in [1.82, 2.24) is 0 Å². The zero-order chi connectivity index (χ0) is 21.0. The van der Waals surface area contributed by atoms with E-state index in [0.29, 0.717) is 0 Å². The number of hydrogen-bond donors (Lipinski definition) is 1. The fourth-order valence-corrected chi connectivity index (χ4v) is 4.40. The summed E-state index contributed by atoms with van der Waals surface area (Å²) in [5.74, 6) is -2.93. The van der Waals surface area contributed by atoms with Crippen molar-refractivity contribution in [2.45, 2.75) is 38.3 Å². The number of fused-ring (bicyclic) bond motifs is 2. The fraction of sp³-hybridized carbons (Fsp3) is 0.474. The minimum Gasteiger partial charge on any atom is -0.448 e. The highest BCUT2D eigenvalue weighted by Gasteiger charge is 2.78. The quantitative estimate of drug-likeness (QED) is 0.820. The van der Waals surface area contributed by atoms with Gasteiger partial charge in [-0.1, -0.05) is 19.1 Å². The van der Waals surface area contributed by atoms with E-state index in [-0.39, 0.29) is 12.0 Å². The third-order valence-electron chi connectivity index (χ3n) is 5.64. The van der Waals surface area contributed by atoms with Gasteiger partial charge in [0.15, 0.2) is 5.41 Å². The number of hydrogen-bond acceptors (Lipinski definition) is 6. The van der Waals surface area contributed by atoms with Gasteiger partial charge in [-0.05, 0) is 24.1 Å². The highest BCUT2D eigenvalue weighted by molar-refractivity contribution is 5.89. The number of alkyl halides is 3. The van der Waals surface area contributed by atoms with Crippen LogP contribution in [-0.4, -0.2) is 11.7 Å². The predicted octanol–water partition coefficient (Wildman–Crippen LogP) is 4.07. The smallest absolute Gasteiger partial charge is 0.416 e. The molecule has 2 fully saturated rings. The van der Waals surface area contributed by atoms with Crippen molar-refractivity contribution >= 4 is 5.90 Å². The average molecular weight is 388 g/mol. The summed E-state index contributed by atoms with van der Waals surface area (Å²) < 4.78 is 50.9. The predicted molar refractivity (Wildman–Crippen MR) is 88.0 cm³/mol. The molecule has 28 heavy (non-hydrogen) atoms. The van der Waals surface area contributed by atoms with Gasteiger partial charge >= 0.3 is 6.18 Å². The maximum absolute atomic E-state index is 13.2. The van der Waals surface area contributed by atoms with Crippen LogP contribution in [0.25, 0.3) is 0 Å². The van der Waals surface area contributed by atoms with Crippen molar-refractivity contribution < 1.29 is 22.6 Å². The van der Waals surface area contributed by atoms with Gasteiger partial charge in [0.25, 0.3) is 0 Å². The van der Waals surface area contributed by atoms with Gasteiger partial charge in [0.05, 0.1) is 29.7 Å². The van der Waals surface area contributed by atoms with Crippen molar-refractivity contribution in [2.24, 2.45) is 16.7 Å². The number of nitriles is 3. The van der Waals surface area contributed by atoms with E-state index in [1.54, 1.807) is 19.1 Å². The molecule has 0 spiro atoms. The Morgan fingerprint density at radius 2 is 1.82 bits per heavy atom. The molecule has 9 heteroatoms. The van der Waals surface area contributed by atoms with Crippen LogP contribution in [-0.2, 0) is 15.7 Å². The normalized spacial score (nSPS) is 33.3. The molecule has 2 aliphatic heterocycles. The van der Waals surface area contributed by atoms with Gasteiger partial charge in [0.1, 0.15) is 6.10 Å². The Morgan fingerprint density at radius 3 is 2.32 bits per heavy atom. The molecule has 2 aliphatic rings. The first-order chi connectivity index (χ1) is 13.1. The Hall–Kier alpha value is -3.09. The van der Waals surface area contributed by atoms with E-state index in [4.69, 9.17) is 14.9 Å². The maximum atomic E-state index is 13.2. The molecule has 0 aliphatic carbocycles. The first-order valence-corrected chi connectivity index (χ1v) is 8.43. The molecule has 2 saturated heterocycles. The van der Waals surface area contributed by atoms with Gasteiger partial charge in [-0.2, -0.15) is 29.0 Å². The lowest BCUT2D eigenvalue weighted by atomic mass is 9.53. The molecule has 1 aromatic rings. The summed E-state index contributed by atoms with van der Waals surface area (Å²) in [5, 5.41) is 38.1. The highest BCUT2D eigenvalue weighted by atomic mass is 19.4. The van der Waals surface area contributed by atoms with Gasteiger partial charge in [-0.15, -0.1) is 0 Å². The van der Waals surface area contributed by atoms with E-state index in [0.717, 1.165) is 18.2 Å². The van der Waals surface area contributed by atoms with Crippen LogP contribution < -0.4 is 0 Å². The van der Waals surface area contributed by atoms with Crippen LogP contribution in [0.15, 0.2) is 24.3 Å². The van der Waals surface area contributed by atoms with Crippen LogP contribution in [0, 0.1) is 56.2 Å². The number of nitrogens with one attached hydrogen (secondary N) is 1. The molecular weight excluding hydrogens is 373 g/mol. The summed E-state index contributed by atoms with van der Waals surface area (Å²) in [7, 11) is 0. The molecule has 3 rings (SSSR count). The molecular formula is C19H15F3N4O2. The summed E-state index contributed by atoms with van der Waals surface area (Å²) in [5.41, 5.74) is -5.30. The molecule has 4 unspecified atom stereocenters. The van der Waals surface area contributed by atoms with Gasteiger partial charge in [-0.25, -0.2) is 0 Å². The monoisotopic (exact) mass is 388 g/mol. The molecule has 0 saturated carbocycles. The molecule has 2 heterocycles. The van der Waals surface area contributed by atoms with E-state index in [9.17, 15) is 29.0 Å². The third-order valence-corrected chi connectivity index (χ3v) is 5.64. The minimum atomic E-state index is -4.64. The Bertz CT molecular complexity index is 957. The standard InChI is InChI=1S/C19H15F3N4O2/c1-3-13-16(2)27-14(11-5-4-6-12(7-11)19(20,21)22)17(8-23,9-24)18(13,10-25)15(26)28-16/h4-7,13-14,26H,3H2,1-2H3. The molecule has 6 nitrogen and oxygen atoms in total. The van der Waals surface area contributed by atoms with Crippen LogP contribution in [0.5, 0.6) is 0 Å². The van der Waals surface area contributed by atoms with E-state index < -0.39 is 46.3 Å². The Morgan fingerprint density at radius 1 is 1.18 bits per heavy atom.